The Morgan fingerprint density at radius 3 is 2.45 bits per heavy atom. The van der Waals surface area contributed by atoms with Crippen molar-refractivity contribution in [3.63, 3.8) is 0 Å². The van der Waals surface area contributed by atoms with Crippen molar-refractivity contribution < 1.29 is 14.6 Å². The number of aromatic hydroxyl groups is 1. The summed E-state index contributed by atoms with van der Waals surface area (Å²) in [7, 11) is 0. The van der Waals surface area contributed by atoms with Crippen LogP contribution in [-0.4, -0.2) is 46.5 Å². The maximum atomic E-state index is 13.1. The number of carbonyl (C=O) groups excluding carboxylic acids is 1. The molecule has 7 heteroatoms. The zero-order valence-corrected chi connectivity index (χ0v) is 17.1. The highest BCUT2D eigenvalue weighted by atomic mass is 16.5. The summed E-state index contributed by atoms with van der Waals surface area (Å²) in [6.07, 6.45) is 1.22. The number of rotatable bonds is 3. The van der Waals surface area contributed by atoms with Gasteiger partial charge in [-0.3, -0.25) is 19.3 Å². The first-order valence-corrected chi connectivity index (χ1v) is 10.3. The first-order valence-electron chi connectivity index (χ1n) is 10.3. The molecule has 0 saturated carbocycles. The number of pyridine rings is 1. The third-order valence-corrected chi connectivity index (χ3v) is 6.07. The number of benzene rings is 2. The van der Waals surface area contributed by atoms with Crippen molar-refractivity contribution in [1.29, 1.82) is 0 Å². The van der Waals surface area contributed by atoms with Crippen molar-refractivity contribution in [2.45, 2.75) is 19.1 Å². The van der Waals surface area contributed by atoms with Gasteiger partial charge in [-0.15, -0.1) is 0 Å². The van der Waals surface area contributed by atoms with Crippen LogP contribution in [0.3, 0.4) is 0 Å². The molecular weight excluding hydrogens is 394 g/mol. The Morgan fingerprint density at radius 2 is 1.71 bits per heavy atom. The van der Waals surface area contributed by atoms with Crippen LogP contribution in [0.4, 0.5) is 0 Å². The lowest BCUT2D eigenvalue weighted by Crippen LogP contribution is -2.65. The Labute approximate surface area is 179 Å². The summed E-state index contributed by atoms with van der Waals surface area (Å²) in [6, 6.07) is 19.6. The molecule has 2 aliphatic rings. The molecule has 3 aromatic rings. The molecule has 2 aliphatic heterocycles. The highest BCUT2D eigenvalue weighted by Crippen LogP contribution is 2.32. The number of morpholine rings is 1. The molecule has 158 valence electrons. The maximum Gasteiger partial charge on any atom is 0.278 e. The van der Waals surface area contributed by atoms with E-state index in [4.69, 9.17) is 4.74 Å². The second-order valence-electron chi connectivity index (χ2n) is 7.82. The fraction of sp³-hybridized carbons (Fsp3) is 0.250. The molecule has 7 nitrogen and oxygen atoms in total. The van der Waals surface area contributed by atoms with Crippen molar-refractivity contribution >= 4 is 5.91 Å². The maximum absolute atomic E-state index is 13.1. The number of ether oxygens (including phenoxy) is 1. The first kappa shape index (κ1) is 19.4. The van der Waals surface area contributed by atoms with Gasteiger partial charge in [0, 0.05) is 18.8 Å². The number of hydrogen-bond acceptors (Lipinski definition) is 5. The third-order valence-electron chi connectivity index (χ3n) is 6.07. The Balaban J connectivity index is 1.56. The average Bonchev–Trinajstić information content (AvgIpc) is 2.82. The van der Waals surface area contributed by atoms with Gasteiger partial charge in [-0.25, -0.2) is 0 Å². The van der Waals surface area contributed by atoms with E-state index in [1.165, 1.54) is 6.07 Å². The molecule has 1 fully saturated rings. The van der Waals surface area contributed by atoms with Gasteiger partial charge in [0.05, 0.1) is 19.3 Å². The molecule has 0 spiro atoms. The summed E-state index contributed by atoms with van der Waals surface area (Å²) < 4.78 is 7.28. The van der Waals surface area contributed by atoms with Crippen LogP contribution in [0.25, 0.3) is 11.1 Å². The van der Waals surface area contributed by atoms with E-state index in [0.717, 1.165) is 16.7 Å². The zero-order chi connectivity index (χ0) is 21.5. The van der Waals surface area contributed by atoms with E-state index < -0.39 is 11.2 Å². The highest BCUT2D eigenvalue weighted by molar-refractivity contribution is 5.96. The van der Waals surface area contributed by atoms with Crippen LogP contribution < -0.4 is 10.4 Å². The largest absolute Gasteiger partial charge is 0.502 e. The van der Waals surface area contributed by atoms with Gasteiger partial charge in [-0.1, -0.05) is 54.6 Å². The van der Waals surface area contributed by atoms with Gasteiger partial charge in [0.1, 0.15) is 6.17 Å². The van der Waals surface area contributed by atoms with Crippen molar-refractivity contribution in [3.8, 4) is 16.9 Å². The summed E-state index contributed by atoms with van der Waals surface area (Å²) in [5.74, 6) is -0.875. The van der Waals surface area contributed by atoms with Crippen LogP contribution in [-0.2, 0) is 4.74 Å². The zero-order valence-electron chi connectivity index (χ0n) is 17.1. The molecule has 1 aromatic heterocycles. The van der Waals surface area contributed by atoms with Gasteiger partial charge in [-0.05, 0) is 23.6 Å². The van der Waals surface area contributed by atoms with Crippen LogP contribution >= 0.6 is 0 Å². The van der Waals surface area contributed by atoms with E-state index in [2.05, 4.69) is 36.4 Å². The average molecular weight is 417 g/mol. The third kappa shape index (κ3) is 3.18. The molecule has 2 atom stereocenters. The van der Waals surface area contributed by atoms with Crippen molar-refractivity contribution in [2.75, 3.05) is 24.8 Å². The lowest BCUT2D eigenvalue weighted by Gasteiger charge is -2.50. The topological polar surface area (TPSA) is 75.0 Å². The van der Waals surface area contributed by atoms with E-state index in [-0.39, 0.29) is 23.8 Å². The fourth-order valence-corrected chi connectivity index (χ4v) is 4.42. The predicted octanol–water partition coefficient (Wildman–Crippen LogP) is 2.73. The second kappa shape index (κ2) is 7.59. The van der Waals surface area contributed by atoms with Gasteiger partial charge < -0.3 is 14.7 Å². The van der Waals surface area contributed by atoms with Gasteiger partial charge in [0.25, 0.3) is 5.91 Å². The molecule has 0 aliphatic carbocycles. The summed E-state index contributed by atoms with van der Waals surface area (Å²) in [4.78, 5) is 26.8. The van der Waals surface area contributed by atoms with E-state index in [9.17, 15) is 14.7 Å². The number of carbonyl (C=O) groups is 1. The monoisotopic (exact) mass is 417 g/mol. The molecule has 0 bridgehead atoms. The molecule has 1 amide bonds. The Bertz CT molecular complexity index is 1170. The quantitative estimate of drug-likeness (QED) is 0.709. The summed E-state index contributed by atoms with van der Waals surface area (Å²) in [6.45, 7) is 3.22. The van der Waals surface area contributed by atoms with E-state index in [1.54, 1.807) is 15.8 Å². The van der Waals surface area contributed by atoms with Crippen LogP contribution in [0.15, 0.2) is 71.7 Å². The van der Waals surface area contributed by atoms with Crippen LogP contribution in [0.2, 0.25) is 0 Å². The van der Waals surface area contributed by atoms with Gasteiger partial charge in [0.2, 0.25) is 5.43 Å². The van der Waals surface area contributed by atoms with Crippen LogP contribution in [0, 0.1) is 0 Å². The van der Waals surface area contributed by atoms with Crippen molar-refractivity contribution in [1.82, 2.24) is 9.58 Å². The molecular formula is C24H23N3O4. The minimum Gasteiger partial charge on any atom is -0.502 e. The van der Waals surface area contributed by atoms with E-state index >= 15 is 0 Å². The van der Waals surface area contributed by atoms with Crippen LogP contribution in [0.1, 0.15) is 29.0 Å². The number of fused-ring (bicyclic) bond motifs is 2. The first-order chi connectivity index (χ1) is 15.1. The molecule has 2 unspecified atom stereocenters. The highest BCUT2D eigenvalue weighted by Gasteiger charge is 2.43. The fourth-order valence-electron chi connectivity index (χ4n) is 4.42. The van der Waals surface area contributed by atoms with Gasteiger partial charge in [0.15, 0.2) is 11.4 Å². The molecule has 5 rings (SSSR count). The molecule has 2 aromatic carbocycles. The minimum absolute atomic E-state index is 0.00148. The Kier molecular flexibility index (Phi) is 4.75. The minimum atomic E-state index is -0.564. The Morgan fingerprint density at radius 1 is 1.00 bits per heavy atom. The van der Waals surface area contributed by atoms with Crippen molar-refractivity contribution in [3.05, 3.63) is 88.3 Å². The molecule has 1 N–H and O–H groups in total. The number of hydrogen-bond donors (Lipinski definition) is 1. The summed E-state index contributed by atoms with van der Waals surface area (Å²) in [5, 5.41) is 12.4. The van der Waals surface area contributed by atoms with Gasteiger partial charge >= 0.3 is 0 Å². The number of nitrogens with zero attached hydrogens (tertiary/aromatic N) is 3. The van der Waals surface area contributed by atoms with E-state index in [1.807, 2.05) is 30.1 Å². The SMILES string of the molecule is CC(c1ccc(-c2ccccc2)cc1)N1C2COCCN2C(=O)c2c(O)c(=O)ccn21. The number of aromatic nitrogens is 1. The second-order valence-corrected chi connectivity index (χ2v) is 7.82. The molecule has 0 radical (unpaired) electrons. The molecule has 3 heterocycles. The van der Waals surface area contributed by atoms with Gasteiger partial charge in [-0.2, -0.15) is 0 Å². The lowest BCUT2D eigenvalue weighted by atomic mass is 10.0. The van der Waals surface area contributed by atoms with Crippen LogP contribution in [0.5, 0.6) is 5.75 Å². The Hall–Kier alpha value is -3.58. The van der Waals surface area contributed by atoms with Crippen molar-refractivity contribution in [2.24, 2.45) is 0 Å². The lowest BCUT2D eigenvalue weighted by molar-refractivity contribution is -0.0204. The molecule has 31 heavy (non-hydrogen) atoms. The van der Waals surface area contributed by atoms with E-state index in [0.29, 0.717) is 19.8 Å². The standard InChI is InChI=1S/C24H23N3O4/c1-16(17-7-9-19(10-8-17)18-5-3-2-4-6-18)27-21-15-31-14-13-25(21)24(30)22-23(29)20(28)11-12-26(22)27/h2-12,16,21,29H,13-15H2,1H3. The predicted molar refractivity (Wildman–Crippen MR) is 117 cm³/mol. The number of amides is 1. The summed E-state index contributed by atoms with van der Waals surface area (Å²) in [5.41, 5.74) is 2.74. The smallest absolute Gasteiger partial charge is 0.278 e. The normalized spacial score (nSPS) is 19.0. The molecule has 1 saturated heterocycles. The summed E-state index contributed by atoms with van der Waals surface area (Å²) >= 11 is 0.